The van der Waals surface area contributed by atoms with Crippen molar-refractivity contribution >= 4 is 17.5 Å². The second-order valence-electron chi connectivity index (χ2n) is 12.4. The van der Waals surface area contributed by atoms with Crippen molar-refractivity contribution < 1.29 is 23.5 Å². The van der Waals surface area contributed by atoms with E-state index in [9.17, 15) is 19.1 Å². The van der Waals surface area contributed by atoms with Gasteiger partial charge in [0.2, 0.25) is 5.89 Å². The highest BCUT2D eigenvalue weighted by atomic mass is 19.1. The summed E-state index contributed by atoms with van der Waals surface area (Å²) in [4.78, 5) is 39.9. The van der Waals surface area contributed by atoms with Gasteiger partial charge in [-0.15, -0.1) is 0 Å². The normalized spacial score (nSPS) is 16.0. The van der Waals surface area contributed by atoms with E-state index in [4.69, 9.17) is 4.42 Å². The van der Waals surface area contributed by atoms with E-state index in [1.165, 1.54) is 18.2 Å². The molecule has 1 fully saturated rings. The smallest absolute Gasteiger partial charge is 0.254 e. The molecule has 4 aromatic rings. The van der Waals surface area contributed by atoms with Gasteiger partial charge in [-0.2, -0.15) is 0 Å². The Bertz CT molecular complexity index is 1640. The molecule has 2 aromatic carbocycles. The molecule has 0 spiro atoms. The zero-order valence-corrected chi connectivity index (χ0v) is 26.8. The number of likely N-dealkylation sites (N-methyl/N-ethyl adjacent to an activating group) is 1. The number of aryl methyl sites for hydroxylation is 1. The first-order chi connectivity index (χ1) is 22.1. The number of nitrogens with one attached hydrogen (secondary N) is 1. The van der Waals surface area contributed by atoms with E-state index in [1.54, 1.807) is 17.4 Å². The average molecular weight is 628 g/mol. The van der Waals surface area contributed by atoms with Gasteiger partial charge in [-0.05, 0) is 73.1 Å². The number of rotatable bonds is 12. The molecule has 242 valence electrons. The Balaban J connectivity index is 1.37. The second kappa shape index (κ2) is 14.7. The van der Waals surface area contributed by atoms with Crippen LogP contribution in [0.5, 0.6) is 0 Å². The molecule has 3 heterocycles. The minimum absolute atomic E-state index is 0.147. The van der Waals surface area contributed by atoms with Crippen LogP contribution in [0.4, 0.5) is 10.1 Å². The number of halogens is 1. The van der Waals surface area contributed by atoms with Gasteiger partial charge in [-0.25, -0.2) is 9.37 Å². The Morgan fingerprint density at radius 3 is 2.57 bits per heavy atom. The minimum atomic E-state index is -0.961. The van der Waals surface area contributed by atoms with Crippen LogP contribution in [0.25, 0.3) is 0 Å². The Hall–Kier alpha value is -4.57. The fraction of sp³-hybridized carbons (Fsp3) is 0.389. The van der Waals surface area contributed by atoms with Crippen molar-refractivity contribution in [2.75, 3.05) is 25.0 Å². The molecular formula is C36H42FN5O4. The number of carbonyl (C=O) groups excluding carboxylic acids is 2. The molecule has 0 bridgehead atoms. The third-order valence-corrected chi connectivity index (χ3v) is 8.48. The summed E-state index contributed by atoms with van der Waals surface area (Å²) >= 11 is 0. The number of oxazole rings is 1. The van der Waals surface area contributed by atoms with E-state index in [2.05, 4.69) is 29.1 Å². The number of aromatic nitrogens is 2. The van der Waals surface area contributed by atoms with E-state index in [0.29, 0.717) is 31.2 Å². The van der Waals surface area contributed by atoms with Crippen molar-refractivity contribution in [2.24, 2.45) is 0 Å². The minimum Gasteiger partial charge on any atom is -0.446 e. The molecule has 5 rings (SSSR count). The first-order valence-electron chi connectivity index (χ1n) is 15.7. The molecule has 2 N–H and O–H groups in total. The van der Waals surface area contributed by atoms with Crippen LogP contribution in [-0.4, -0.2) is 64.1 Å². The fourth-order valence-corrected chi connectivity index (χ4v) is 5.87. The van der Waals surface area contributed by atoms with E-state index >= 15 is 0 Å². The van der Waals surface area contributed by atoms with Gasteiger partial charge < -0.3 is 24.6 Å². The number of pyridine rings is 1. The molecule has 2 amide bonds. The van der Waals surface area contributed by atoms with E-state index < -0.39 is 24.7 Å². The predicted molar refractivity (Wildman–Crippen MR) is 175 cm³/mol. The highest BCUT2D eigenvalue weighted by molar-refractivity contribution is 6.00. The van der Waals surface area contributed by atoms with E-state index in [-0.39, 0.29) is 35.2 Å². The number of aliphatic hydroxyl groups is 1. The van der Waals surface area contributed by atoms with Gasteiger partial charge in [0.1, 0.15) is 19.0 Å². The van der Waals surface area contributed by atoms with Crippen LogP contribution in [0.15, 0.2) is 77.7 Å². The highest BCUT2D eigenvalue weighted by Crippen LogP contribution is 2.33. The number of alkyl halides is 1. The van der Waals surface area contributed by atoms with Crippen LogP contribution in [0, 0.1) is 6.92 Å². The third kappa shape index (κ3) is 7.80. The van der Waals surface area contributed by atoms with Crippen molar-refractivity contribution in [1.29, 1.82) is 0 Å². The lowest BCUT2D eigenvalue weighted by atomic mass is 9.99. The van der Waals surface area contributed by atoms with Crippen LogP contribution in [0.3, 0.4) is 0 Å². The lowest BCUT2D eigenvalue weighted by Gasteiger charge is -2.29. The van der Waals surface area contributed by atoms with Crippen LogP contribution in [0.2, 0.25) is 0 Å². The average Bonchev–Trinajstić information content (AvgIpc) is 3.73. The quantitative estimate of drug-likeness (QED) is 0.205. The van der Waals surface area contributed by atoms with Crippen LogP contribution >= 0.6 is 0 Å². The molecule has 46 heavy (non-hydrogen) atoms. The molecule has 0 unspecified atom stereocenters. The molecule has 9 nitrogen and oxygen atoms in total. The second-order valence-corrected chi connectivity index (χ2v) is 12.4. The van der Waals surface area contributed by atoms with Crippen LogP contribution in [-0.2, 0) is 13.1 Å². The summed E-state index contributed by atoms with van der Waals surface area (Å²) in [7, 11) is 1.87. The maximum Gasteiger partial charge on any atom is 0.254 e. The number of carbonyl (C=O) groups is 2. The SMILES string of the molecule is Cc1coc([C@H]2CCCN2C(=O)c2cc(CF)cc(C(=O)N[C@@H](Cc3ccccc3)[C@H](O)CN(C)c3cncc(C(C)C)c3)c2)n1. The van der Waals surface area contributed by atoms with Gasteiger partial charge >= 0.3 is 0 Å². The molecule has 0 aliphatic carbocycles. The van der Waals surface area contributed by atoms with Gasteiger partial charge in [-0.1, -0.05) is 44.2 Å². The summed E-state index contributed by atoms with van der Waals surface area (Å²) in [5, 5.41) is 14.5. The van der Waals surface area contributed by atoms with Gasteiger partial charge in [-0.3, -0.25) is 14.6 Å². The maximum atomic E-state index is 14.1. The van der Waals surface area contributed by atoms with Gasteiger partial charge in [0.25, 0.3) is 11.8 Å². The van der Waals surface area contributed by atoms with Crippen molar-refractivity contribution in [1.82, 2.24) is 20.2 Å². The molecule has 0 saturated carbocycles. The monoisotopic (exact) mass is 627 g/mol. The van der Waals surface area contributed by atoms with Crippen molar-refractivity contribution in [3.8, 4) is 0 Å². The van der Waals surface area contributed by atoms with Crippen molar-refractivity contribution in [3.63, 3.8) is 0 Å². The zero-order chi connectivity index (χ0) is 32.8. The molecule has 1 aliphatic heterocycles. The van der Waals surface area contributed by atoms with Crippen molar-refractivity contribution in [3.05, 3.63) is 113 Å². The zero-order valence-electron chi connectivity index (χ0n) is 26.8. The standard InChI is InChI=1S/C36H42FN5O4/c1-23(2)29-17-30(20-38-19-29)41(4)21-33(43)31(15-25-9-6-5-7-10-25)40-34(44)27-13-26(18-37)14-28(16-27)36(45)42-12-8-11-32(42)35-39-24(3)22-46-35/h5-7,9-10,13-14,16-17,19-20,22-23,31-33,43H,8,11-12,15,18,21H2,1-4H3,(H,40,44)/t31-,32+,33+/m0/s1. The summed E-state index contributed by atoms with van der Waals surface area (Å²) in [6, 6.07) is 15.1. The van der Waals surface area contributed by atoms with E-state index in [1.807, 2.05) is 61.5 Å². The molecule has 1 aliphatic rings. The Labute approximate surface area is 269 Å². The number of likely N-dealkylation sites (tertiary alicyclic amines) is 1. The first kappa shape index (κ1) is 32.8. The maximum absolute atomic E-state index is 14.1. The molecule has 10 heteroatoms. The van der Waals surface area contributed by atoms with Crippen LogP contribution < -0.4 is 10.2 Å². The van der Waals surface area contributed by atoms with Crippen LogP contribution in [0.1, 0.15) is 87.6 Å². The number of anilines is 1. The van der Waals surface area contributed by atoms with Gasteiger partial charge in [0, 0.05) is 37.5 Å². The van der Waals surface area contributed by atoms with E-state index in [0.717, 1.165) is 28.9 Å². The Morgan fingerprint density at radius 1 is 1.11 bits per heavy atom. The summed E-state index contributed by atoms with van der Waals surface area (Å²) in [5.41, 5.74) is 4.19. The summed E-state index contributed by atoms with van der Waals surface area (Å²) < 4.78 is 19.7. The molecule has 1 saturated heterocycles. The number of aliphatic hydroxyl groups excluding tert-OH is 1. The first-order valence-corrected chi connectivity index (χ1v) is 15.7. The Morgan fingerprint density at radius 2 is 1.87 bits per heavy atom. The summed E-state index contributed by atoms with van der Waals surface area (Å²) in [6.45, 7) is 5.91. The fourth-order valence-electron chi connectivity index (χ4n) is 5.87. The number of amides is 2. The highest BCUT2D eigenvalue weighted by Gasteiger charge is 2.34. The number of hydrogen-bond donors (Lipinski definition) is 2. The van der Waals surface area contributed by atoms with Gasteiger partial charge in [0.05, 0.1) is 29.7 Å². The molecule has 3 atom stereocenters. The summed E-state index contributed by atoms with van der Waals surface area (Å²) in [5.74, 6) is -0.0494. The van der Waals surface area contributed by atoms with Crippen molar-refractivity contribution in [2.45, 2.75) is 70.8 Å². The summed E-state index contributed by atoms with van der Waals surface area (Å²) in [6.07, 6.45) is 6.02. The predicted octanol–water partition coefficient (Wildman–Crippen LogP) is 5.79. The third-order valence-electron chi connectivity index (χ3n) is 8.48. The molecular weight excluding hydrogens is 585 g/mol. The largest absolute Gasteiger partial charge is 0.446 e. The molecule has 2 aromatic heterocycles. The lowest BCUT2D eigenvalue weighted by Crippen LogP contribution is -2.49. The topological polar surface area (TPSA) is 112 Å². The van der Waals surface area contributed by atoms with Gasteiger partial charge in [0.15, 0.2) is 0 Å². The molecule has 0 radical (unpaired) electrons. The number of benzene rings is 2. The number of nitrogens with zero attached hydrogens (tertiary/aromatic N) is 4. The Kier molecular flexibility index (Phi) is 10.5. The lowest BCUT2D eigenvalue weighted by molar-refractivity contribution is 0.0715. The number of hydrogen-bond acceptors (Lipinski definition) is 7.